The molecule has 7 heteroatoms. The predicted octanol–water partition coefficient (Wildman–Crippen LogP) is 2.39. The molecular formula is C20H42IN5O. The van der Waals surface area contributed by atoms with Crippen LogP contribution in [0.1, 0.15) is 46.0 Å². The molecule has 2 fully saturated rings. The molecule has 1 saturated heterocycles. The van der Waals surface area contributed by atoms with Gasteiger partial charge in [-0.15, -0.1) is 24.0 Å². The molecule has 1 saturated carbocycles. The van der Waals surface area contributed by atoms with Gasteiger partial charge in [0.05, 0.1) is 19.8 Å². The van der Waals surface area contributed by atoms with Crippen LogP contribution in [0.2, 0.25) is 0 Å². The summed E-state index contributed by atoms with van der Waals surface area (Å²) in [6.45, 7) is 12.3. The average molecular weight is 495 g/mol. The summed E-state index contributed by atoms with van der Waals surface area (Å²) >= 11 is 0. The number of halogens is 1. The highest BCUT2D eigenvalue weighted by atomic mass is 127. The monoisotopic (exact) mass is 495 g/mol. The standard InChI is InChI=1S/C20H41N5O.HI/c1-5-21-19(22-10-7-11-25-12-14-26-15-13-25)23-17-20(24(3)4)9-6-8-18(2)16-20;/h18H,5-17H2,1-4H3,(H2,21,22,23);1H. The molecule has 2 aliphatic rings. The lowest BCUT2D eigenvalue weighted by Crippen LogP contribution is -2.51. The number of nitrogens with zero attached hydrogens (tertiary/aromatic N) is 3. The molecule has 0 aromatic heterocycles. The lowest BCUT2D eigenvalue weighted by molar-refractivity contribution is 0.0376. The highest BCUT2D eigenvalue weighted by molar-refractivity contribution is 14.0. The topological polar surface area (TPSA) is 52.1 Å². The van der Waals surface area contributed by atoms with Crippen LogP contribution in [0.25, 0.3) is 0 Å². The van der Waals surface area contributed by atoms with Gasteiger partial charge >= 0.3 is 0 Å². The van der Waals surface area contributed by atoms with E-state index in [0.29, 0.717) is 0 Å². The smallest absolute Gasteiger partial charge is 0.191 e. The Morgan fingerprint density at radius 3 is 2.63 bits per heavy atom. The summed E-state index contributed by atoms with van der Waals surface area (Å²) < 4.78 is 5.41. The zero-order valence-corrected chi connectivity index (χ0v) is 20.3. The molecule has 0 aromatic rings. The Bertz CT molecular complexity index is 429. The first-order chi connectivity index (χ1) is 12.6. The Balaban J connectivity index is 0.00000364. The normalized spacial score (nSPS) is 27.3. The number of morpholine rings is 1. The summed E-state index contributed by atoms with van der Waals surface area (Å²) in [5.41, 5.74) is 0.216. The number of rotatable bonds is 8. The summed E-state index contributed by atoms with van der Waals surface area (Å²) in [5.74, 6) is 1.76. The molecule has 160 valence electrons. The van der Waals surface area contributed by atoms with Crippen LogP contribution < -0.4 is 10.6 Å². The maximum absolute atomic E-state index is 5.41. The van der Waals surface area contributed by atoms with Gasteiger partial charge in [0.15, 0.2) is 5.96 Å². The fourth-order valence-electron chi connectivity index (χ4n) is 4.23. The van der Waals surface area contributed by atoms with E-state index in [-0.39, 0.29) is 29.5 Å². The minimum absolute atomic E-state index is 0. The van der Waals surface area contributed by atoms with Crippen molar-refractivity contribution in [2.75, 3.05) is 66.6 Å². The Morgan fingerprint density at radius 1 is 1.26 bits per heavy atom. The Hall–Kier alpha value is -0.120. The third-order valence-electron chi connectivity index (χ3n) is 5.94. The van der Waals surface area contributed by atoms with Gasteiger partial charge < -0.3 is 20.3 Å². The number of hydrogen-bond donors (Lipinski definition) is 2. The van der Waals surface area contributed by atoms with Crippen LogP contribution in [0.3, 0.4) is 0 Å². The van der Waals surface area contributed by atoms with Crippen molar-refractivity contribution in [2.24, 2.45) is 10.9 Å². The Kier molecular flexibility index (Phi) is 12.2. The molecule has 27 heavy (non-hydrogen) atoms. The molecule has 2 rings (SSSR count). The van der Waals surface area contributed by atoms with E-state index in [1.165, 1.54) is 25.7 Å². The molecule has 2 N–H and O–H groups in total. The van der Waals surface area contributed by atoms with E-state index < -0.39 is 0 Å². The molecule has 0 radical (unpaired) electrons. The number of nitrogens with one attached hydrogen (secondary N) is 2. The van der Waals surface area contributed by atoms with E-state index in [1.54, 1.807) is 0 Å². The molecule has 1 heterocycles. The van der Waals surface area contributed by atoms with Gasteiger partial charge in [0.25, 0.3) is 0 Å². The largest absolute Gasteiger partial charge is 0.379 e. The number of likely N-dealkylation sites (N-methyl/N-ethyl adjacent to an activating group) is 1. The average Bonchev–Trinajstić information content (AvgIpc) is 2.64. The lowest BCUT2D eigenvalue weighted by Gasteiger charge is -2.44. The molecule has 6 nitrogen and oxygen atoms in total. The quantitative estimate of drug-likeness (QED) is 0.235. The number of aliphatic imine (C=N–C) groups is 1. The van der Waals surface area contributed by atoms with Crippen LogP contribution >= 0.6 is 24.0 Å². The molecule has 0 amide bonds. The molecule has 1 aliphatic heterocycles. The predicted molar refractivity (Wildman–Crippen MR) is 125 cm³/mol. The second kappa shape index (κ2) is 13.2. The summed E-state index contributed by atoms with van der Waals surface area (Å²) in [6.07, 6.45) is 6.32. The van der Waals surface area contributed by atoms with Crippen molar-refractivity contribution in [3.05, 3.63) is 0 Å². The van der Waals surface area contributed by atoms with Gasteiger partial charge in [-0.1, -0.05) is 19.8 Å². The maximum Gasteiger partial charge on any atom is 0.191 e. The van der Waals surface area contributed by atoms with Gasteiger partial charge in [0.2, 0.25) is 0 Å². The van der Waals surface area contributed by atoms with Crippen LogP contribution in [-0.4, -0.2) is 87.9 Å². The van der Waals surface area contributed by atoms with E-state index in [1.807, 2.05) is 0 Å². The van der Waals surface area contributed by atoms with Crippen molar-refractivity contribution in [1.82, 2.24) is 20.4 Å². The lowest BCUT2D eigenvalue weighted by atomic mass is 9.75. The molecular weight excluding hydrogens is 453 g/mol. The first-order valence-electron chi connectivity index (χ1n) is 10.6. The minimum Gasteiger partial charge on any atom is -0.379 e. The third kappa shape index (κ3) is 8.41. The van der Waals surface area contributed by atoms with Crippen molar-refractivity contribution in [1.29, 1.82) is 0 Å². The van der Waals surface area contributed by atoms with Gasteiger partial charge in [-0.2, -0.15) is 0 Å². The summed E-state index contributed by atoms with van der Waals surface area (Å²) in [7, 11) is 4.44. The maximum atomic E-state index is 5.41. The molecule has 2 atom stereocenters. The number of hydrogen-bond acceptors (Lipinski definition) is 4. The van der Waals surface area contributed by atoms with Crippen LogP contribution in [-0.2, 0) is 4.74 Å². The van der Waals surface area contributed by atoms with Crippen LogP contribution in [0.15, 0.2) is 4.99 Å². The zero-order chi connectivity index (χ0) is 18.8. The fourth-order valence-corrected chi connectivity index (χ4v) is 4.23. The van der Waals surface area contributed by atoms with Gasteiger partial charge in [-0.05, 0) is 52.7 Å². The summed E-state index contributed by atoms with van der Waals surface area (Å²) in [6, 6.07) is 0. The Labute approximate surface area is 183 Å². The van der Waals surface area contributed by atoms with Crippen molar-refractivity contribution in [2.45, 2.75) is 51.5 Å². The number of ether oxygens (including phenoxy) is 1. The van der Waals surface area contributed by atoms with Crippen LogP contribution in [0.5, 0.6) is 0 Å². The highest BCUT2D eigenvalue weighted by Crippen LogP contribution is 2.35. The molecule has 0 bridgehead atoms. The molecule has 2 unspecified atom stereocenters. The summed E-state index contributed by atoms with van der Waals surface area (Å²) in [4.78, 5) is 9.87. The van der Waals surface area contributed by atoms with Gasteiger partial charge in [-0.3, -0.25) is 9.89 Å². The second-order valence-corrected chi connectivity index (χ2v) is 8.25. The van der Waals surface area contributed by atoms with Crippen molar-refractivity contribution in [3.8, 4) is 0 Å². The molecule has 0 spiro atoms. The van der Waals surface area contributed by atoms with Crippen molar-refractivity contribution >= 4 is 29.9 Å². The third-order valence-corrected chi connectivity index (χ3v) is 5.94. The number of guanidine groups is 1. The minimum atomic E-state index is 0. The second-order valence-electron chi connectivity index (χ2n) is 8.25. The van der Waals surface area contributed by atoms with E-state index in [9.17, 15) is 0 Å². The van der Waals surface area contributed by atoms with E-state index >= 15 is 0 Å². The van der Waals surface area contributed by atoms with E-state index in [4.69, 9.17) is 9.73 Å². The van der Waals surface area contributed by atoms with Crippen molar-refractivity contribution < 1.29 is 4.74 Å². The van der Waals surface area contributed by atoms with Crippen molar-refractivity contribution in [3.63, 3.8) is 0 Å². The SMILES string of the molecule is CCNC(=NCC1(N(C)C)CCCC(C)C1)NCCCN1CCOCC1.I. The summed E-state index contributed by atoms with van der Waals surface area (Å²) in [5, 5.41) is 6.94. The van der Waals surface area contributed by atoms with Crippen LogP contribution in [0, 0.1) is 5.92 Å². The first-order valence-corrected chi connectivity index (χ1v) is 10.6. The van der Waals surface area contributed by atoms with Gasteiger partial charge in [0.1, 0.15) is 0 Å². The highest BCUT2D eigenvalue weighted by Gasteiger charge is 2.36. The Morgan fingerprint density at radius 2 is 2.00 bits per heavy atom. The fraction of sp³-hybridized carbons (Fsp3) is 0.950. The van der Waals surface area contributed by atoms with Gasteiger partial charge in [0, 0.05) is 31.7 Å². The van der Waals surface area contributed by atoms with E-state index in [0.717, 1.165) is 70.8 Å². The molecule has 1 aliphatic carbocycles. The van der Waals surface area contributed by atoms with Gasteiger partial charge in [-0.25, -0.2) is 0 Å². The first kappa shape index (κ1) is 24.9. The zero-order valence-electron chi connectivity index (χ0n) is 17.9. The van der Waals surface area contributed by atoms with E-state index in [2.05, 4.69) is 48.4 Å². The van der Waals surface area contributed by atoms with Crippen LogP contribution in [0.4, 0.5) is 0 Å². The molecule has 0 aromatic carbocycles.